The quantitative estimate of drug-likeness (QED) is 0.169. The zero-order chi connectivity index (χ0) is 34.1. The molecule has 7 heteroatoms. The average molecular weight is 661 g/mol. The number of aliphatic hydroxyl groups is 1. The molecule has 11 atom stereocenters. The summed E-state index contributed by atoms with van der Waals surface area (Å²) in [5, 5.41) is 16.9. The van der Waals surface area contributed by atoms with Crippen molar-refractivity contribution in [1.82, 2.24) is 15.3 Å². The van der Waals surface area contributed by atoms with Gasteiger partial charge in [0, 0.05) is 42.7 Å². The Labute approximate surface area is 290 Å². The summed E-state index contributed by atoms with van der Waals surface area (Å²) in [4.78, 5) is 20.7. The third kappa shape index (κ3) is 6.90. The molecule has 0 saturated heterocycles. The summed E-state index contributed by atoms with van der Waals surface area (Å²) in [6.45, 7) is 13.0. The average Bonchev–Trinajstić information content (AvgIpc) is 3.70. The molecular weight excluding hydrogens is 596 g/mol. The monoisotopic (exact) mass is 660 g/mol. The topological polar surface area (TPSA) is 113 Å². The summed E-state index contributed by atoms with van der Waals surface area (Å²) in [6.07, 6.45) is 16.9. The normalized spacial score (nSPS) is 37.3. The van der Waals surface area contributed by atoms with E-state index in [4.69, 9.17) is 10.5 Å². The summed E-state index contributed by atoms with van der Waals surface area (Å²) in [5.41, 5.74) is 7.67. The van der Waals surface area contributed by atoms with Crippen LogP contribution in [0, 0.1) is 46.3 Å². The number of carbonyl (C=O) groups excluding carboxylic acids is 1. The van der Waals surface area contributed by atoms with Gasteiger partial charge in [-0.25, -0.2) is 4.98 Å². The summed E-state index contributed by atoms with van der Waals surface area (Å²) >= 11 is 0. The number of hydrogen-bond acceptors (Lipinski definition) is 6. The number of fused-ring (bicyclic) bond motifs is 5. The van der Waals surface area contributed by atoms with Crippen molar-refractivity contribution in [2.75, 3.05) is 6.54 Å². The number of imidazole rings is 1. The van der Waals surface area contributed by atoms with Crippen LogP contribution in [0.2, 0.25) is 0 Å². The number of carbonyl (C=O) groups is 1. The summed E-state index contributed by atoms with van der Waals surface area (Å²) in [6, 6.07) is 9.12. The van der Waals surface area contributed by atoms with Gasteiger partial charge in [0.15, 0.2) is 0 Å². The molecule has 6 rings (SSSR count). The van der Waals surface area contributed by atoms with Crippen LogP contribution in [-0.2, 0) is 22.4 Å². The molecule has 7 nitrogen and oxygen atoms in total. The highest BCUT2D eigenvalue weighted by Crippen LogP contribution is 2.69. The number of rotatable bonds is 13. The second-order valence-corrected chi connectivity index (χ2v) is 17.4. The molecule has 4 aliphatic rings. The second kappa shape index (κ2) is 14.6. The third-order valence-electron chi connectivity index (χ3n) is 14.3. The van der Waals surface area contributed by atoms with E-state index in [-0.39, 0.29) is 23.5 Å². The first kappa shape index (κ1) is 35.6. The molecule has 1 aromatic carbocycles. The highest BCUT2D eigenvalue weighted by molar-refractivity contribution is 5.76. The van der Waals surface area contributed by atoms with E-state index in [0.717, 1.165) is 61.2 Å². The zero-order valence-electron chi connectivity index (χ0n) is 30.4. The van der Waals surface area contributed by atoms with Crippen LogP contribution in [0.1, 0.15) is 117 Å². The smallest absolute Gasteiger partial charge is 0.323 e. The number of H-pyrrole nitrogens is 1. The molecule has 1 aromatic heterocycles. The number of nitrogens with one attached hydrogen (secondary N) is 2. The highest BCUT2D eigenvalue weighted by Gasteiger charge is 2.67. The van der Waals surface area contributed by atoms with Gasteiger partial charge in [-0.1, -0.05) is 84.2 Å². The van der Waals surface area contributed by atoms with Gasteiger partial charge in [0.25, 0.3) is 0 Å². The largest absolute Gasteiger partial charge is 0.461 e. The number of aromatic amines is 1. The van der Waals surface area contributed by atoms with E-state index in [1.54, 1.807) is 6.33 Å². The molecule has 0 amide bonds. The van der Waals surface area contributed by atoms with Crippen LogP contribution in [0.4, 0.5) is 0 Å². The van der Waals surface area contributed by atoms with Crippen molar-refractivity contribution < 1.29 is 14.6 Å². The minimum absolute atomic E-state index is 0.0592. The highest BCUT2D eigenvalue weighted by atomic mass is 16.5. The number of benzene rings is 1. The van der Waals surface area contributed by atoms with Crippen LogP contribution in [-0.4, -0.2) is 51.4 Å². The van der Waals surface area contributed by atoms with Gasteiger partial charge in [-0.2, -0.15) is 0 Å². The molecule has 0 aliphatic heterocycles. The van der Waals surface area contributed by atoms with E-state index in [1.807, 2.05) is 36.5 Å². The molecule has 4 saturated carbocycles. The minimum atomic E-state index is -0.968. The standard InChI is InChI=1S/C41H64N4O3/c1-27(2)10-9-11-28(3)33-14-15-34-32-23-37(44-21-18-30-25-43-26-45-30)41(47)24-31(16-20-40(41,5)35(32)17-19-39(33,34)4)48-38(46)36(42)22-29-12-7-6-8-13-29/h6-8,12-13,25-28,31-37,44,47H,9-11,14-24,42H2,1-5H3,(H,43,45)/t28?,31-,32-,33+,34-,35-,36?,37+,39+,40+,41-/m0/s1. The Hall–Kier alpha value is -2.22. The Morgan fingerprint density at radius 3 is 2.60 bits per heavy atom. The second-order valence-electron chi connectivity index (χ2n) is 17.4. The number of esters is 1. The van der Waals surface area contributed by atoms with Crippen LogP contribution in [0.5, 0.6) is 0 Å². The Bertz CT molecular complexity index is 1330. The van der Waals surface area contributed by atoms with Crippen molar-refractivity contribution >= 4 is 5.97 Å². The van der Waals surface area contributed by atoms with E-state index in [2.05, 4.69) is 49.9 Å². The van der Waals surface area contributed by atoms with Crippen LogP contribution < -0.4 is 11.1 Å². The van der Waals surface area contributed by atoms with Crippen molar-refractivity contribution in [3.8, 4) is 0 Å². The molecule has 5 N–H and O–H groups in total. The van der Waals surface area contributed by atoms with Gasteiger partial charge >= 0.3 is 5.97 Å². The Balaban J connectivity index is 1.19. The lowest BCUT2D eigenvalue weighted by Crippen LogP contribution is -2.71. The van der Waals surface area contributed by atoms with Gasteiger partial charge in [-0.15, -0.1) is 0 Å². The number of ether oxygens (including phenoxy) is 1. The van der Waals surface area contributed by atoms with Crippen molar-refractivity contribution in [3.63, 3.8) is 0 Å². The molecule has 0 radical (unpaired) electrons. The molecule has 2 aromatic rings. The van der Waals surface area contributed by atoms with Crippen LogP contribution in [0.15, 0.2) is 42.9 Å². The maximum Gasteiger partial charge on any atom is 0.323 e. The Kier molecular flexibility index (Phi) is 10.8. The van der Waals surface area contributed by atoms with E-state index >= 15 is 0 Å². The Morgan fingerprint density at radius 1 is 1.08 bits per heavy atom. The van der Waals surface area contributed by atoms with E-state index in [9.17, 15) is 9.90 Å². The molecule has 0 bridgehead atoms. The van der Waals surface area contributed by atoms with Crippen molar-refractivity contribution in [2.45, 2.75) is 142 Å². The van der Waals surface area contributed by atoms with E-state index in [1.165, 1.54) is 44.9 Å². The number of nitrogens with zero attached hydrogens (tertiary/aromatic N) is 1. The lowest BCUT2D eigenvalue weighted by Gasteiger charge is -2.66. The van der Waals surface area contributed by atoms with Gasteiger partial charge in [0.2, 0.25) is 0 Å². The predicted octanol–water partition coefficient (Wildman–Crippen LogP) is 7.24. The molecule has 0 spiro atoms. The summed E-state index contributed by atoms with van der Waals surface area (Å²) < 4.78 is 6.14. The molecule has 48 heavy (non-hydrogen) atoms. The van der Waals surface area contributed by atoms with Gasteiger partial charge < -0.3 is 25.9 Å². The lowest BCUT2D eigenvalue weighted by molar-refractivity contribution is -0.237. The first-order valence-electron chi connectivity index (χ1n) is 19.4. The molecule has 4 fully saturated rings. The fourth-order valence-electron chi connectivity index (χ4n) is 11.7. The lowest BCUT2D eigenvalue weighted by atomic mass is 9.42. The third-order valence-corrected chi connectivity index (χ3v) is 14.3. The van der Waals surface area contributed by atoms with Crippen molar-refractivity contribution in [3.05, 3.63) is 54.1 Å². The van der Waals surface area contributed by atoms with Crippen molar-refractivity contribution in [1.29, 1.82) is 0 Å². The van der Waals surface area contributed by atoms with Crippen LogP contribution >= 0.6 is 0 Å². The maximum absolute atomic E-state index is 13.3. The van der Waals surface area contributed by atoms with Gasteiger partial charge in [0.05, 0.1) is 11.9 Å². The summed E-state index contributed by atoms with van der Waals surface area (Å²) in [7, 11) is 0. The maximum atomic E-state index is 13.3. The van der Waals surface area contributed by atoms with Crippen LogP contribution in [0.3, 0.4) is 0 Å². The fourth-order valence-corrected chi connectivity index (χ4v) is 11.7. The molecule has 2 unspecified atom stereocenters. The van der Waals surface area contributed by atoms with Crippen molar-refractivity contribution in [2.24, 2.45) is 52.1 Å². The van der Waals surface area contributed by atoms with E-state index in [0.29, 0.717) is 36.0 Å². The molecule has 266 valence electrons. The minimum Gasteiger partial charge on any atom is -0.461 e. The van der Waals surface area contributed by atoms with E-state index < -0.39 is 11.6 Å². The number of nitrogens with two attached hydrogens (primary N) is 1. The van der Waals surface area contributed by atoms with Crippen LogP contribution in [0.25, 0.3) is 0 Å². The number of aromatic nitrogens is 2. The fraction of sp³-hybridized carbons (Fsp3) is 0.756. The first-order chi connectivity index (χ1) is 22.9. The molecule has 4 aliphatic carbocycles. The van der Waals surface area contributed by atoms with Gasteiger partial charge in [-0.3, -0.25) is 4.79 Å². The molecular formula is C41H64N4O3. The molecule has 1 heterocycles. The predicted molar refractivity (Wildman–Crippen MR) is 192 cm³/mol. The number of hydrogen-bond donors (Lipinski definition) is 4. The van der Waals surface area contributed by atoms with Gasteiger partial charge in [-0.05, 0) is 97.9 Å². The first-order valence-corrected chi connectivity index (χ1v) is 19.4. The summed E-state index contributed by atoms with van der Waals surface area (Å²) in [5.74, 6) is 3.78. The zero-order valence-corrected chi connectivity index (χ0v) is 30.4. The Morgan fingerprint density at radius 2 is 1.88 bits per heavy atom. The SMILES string of the molecule is CC(C)CCCC(C)[C@H]1CC[C@H]2[C@@H]3C[C@@H](NCCc4cnc[nH]4)[C@@]4(O)C[C@@H](OC(=O)C(N)Cc5ccccc5)CC[C@]4(C)[C@H]3CC[C@]12C. The van der Waals surface area contributed by atoms with Gasteiger partial charge in [0.1, 0.15) is 12.1 Å².